The molecule has 5 rings (SSSR count). The van der Waals surface area contributed by atoms with E-state index in [0.717, 1.165) is 15.4 Å². The molecule has 0 radical (unpaired) electrons. The van der Waals surface area contributed by atoms with Crippen molar-refractivity contribution >= 4 is 22.5 Å². The number of anilines is 1. The van der Waals surface area contributed by atoms with Crippen LogP contribution in [0.3, 0.4) is 0 Å². The van der Waals surface area contributed by atoms with Crippen LogP contribution >= 0.6 is 0 Å². The number of benzene rings is 1. The predicted molar refractivity (Wildman–Crippen MR) is 116 cm³/mol. The number of hydrogen-bond acceptors (Lipinski definition) is 7. The second-order valence-electron chi connectivity index (χ2n) is 8.17. The highest BCUT2D eigenvalue weighted by Gasteiger charge is 2.29. The van der Waals surface area contributed by atoms with Crippen LogP contribution in [-0.4, -0.2) is 80.3 Å². The van der Waals surface area contributed by atoms with Crippen LogP contribution in [0.25, 0.3) is 27.7 Å². The third-order valence-electron chi connectivity index (χ3n) is 5.82. The molecule has 0 saturated carbocycles. The molecule has 4 heterocycles. The van der Waals surface area contributed by atoms with Gasteiger partial charge in [0.15, 0.2) is 5.82 Å². The second kappa shape index (κ2) is 8.70. The fourth-order valence-corrected chi connectivity index (χ4v) is 4.20. The summed E-state index contributed by atoms with van der Waals surface area (Å²) in [6.45, 7) is 0.109. The number of alkyl halides is 3. The Balaban J connectivity index is 1.61. The number of piperidine rings is 1. The van der Waals surface area contributed by atoms with Gasteiger partial charge in [-0.25, -0.2) is 26.8 Å². The van der Waals surface area contributed by atoms with Gasteiger partial charge >= 0.3 is 0 Å². The monoisotopic (exact) mass is 481 g/mol. The summed E-state index contributed by atoms with van der Waals surface area (Å²) in [4.78, 5) is 5.98. The second-order valence-corrected chi connectivity index (χ2v) is 8.17. The maximum atomic E-state index is 15.3. The molecule has 0 bridgehead atoms. The van der Waals surface area contributed by atoms with E-state index in [2.05, 4.69) is 25.7 Å². The molecular weight excluding hydrogens is 456 g/mol. The van der Waals surface area contributed by atoms with Gasteiger partial charge in [-0.05, 0) is 31.2 Å². The summed E-state index contributed by atoms with van der Waals surface area (Å²) in [7, 11) is -1.14. The van der Waals surface area contributed by atoms with Crippen molar-refractivity contribution < 1.29 is 26.4 Å². The smallest absolute Gasteiger partial charge is 0.258 e. The van der Waals surface area contributed by atoms with Gasteiger partial charge in [-0.1, -0.05) is 11.3 Å². The fourth-order valence-electron chi connectivity index (χ4n) is 4.20. The third kappa shape index (κ3) is 4.00. The van der Waals surface area contributed by atoms with E-state index >= 15 is 4.39 Å². The summed E-state index contributed by atoms with van der Waals surface area (Å²) in [5.41, 5.74) is 0.537. The maximum Gasteiger partial charge on any atom is 0.258 e. The Morgan fingerprint density at radius 2 is 2.21 bits per heavy atom. The van der Waals surface area contributed by atoms with E-state index in [1.807, 2.05) is 4.90 Å². The molecule has 4 aromatic rings. The van der Waals surface area contributed by atoms with Crippen molar-refractivity contribution in [2.75, 3.05) is 32.5 Å². The van der Waals surface area contributed by atoms with E-state index in [1.54, 1.807) is 7.05 Å². The first-order chi connectivity index (χ1) is 17.5. The summed E-state index contributed by atoms with van der Waals surface area (Å²) >= 11 is 0. The van der Waals surface area contributed by atoms with Gasteiger partial charge in [-0.15, -0.1) is 10.2 Å². The zero-order valence-electron chi connectivity index (χ0n) is 20.9. The number of methoxy groups -OCH3 is 1. The molecule has 180 valence electrons. The van der Waals surface area contributed by atoms with Gasteiger partial charge in [0.05, 0.1) is 34.5 Å². The number of halogens is 4. The van der Waals surface area contributed by atoms with E-state index in [-0.39, 0.29) is 34.7 Å². The zero-order chi connectivity index (χ0) is 26.5. The van der Waals surface area contributed by atoms with E-state index < -0.39 is 43.9 Å². The molecule has 9 nitrogen and oxygen atoms in total. The number of likely N-dealkylation sites (tertiary alicyclic amines) is 1. The Kier molecular flexibility index (Phi) is 4.84. The number of aromatic nitrogens is 6. The van der Waals surface area contributed by atoms with Crippen molar-refractivity contribution in [3.8, 4) is 17.0 Å². The van der Waals surface area contributed by atoms with Crippen LogP contribution in [0, 0.1) is 5.82 Å². The number of fused-ring (bicyclic) bond motifs is 2. The van der Waals surface area contributed by atoms with Gasteiger partial charge in [-0.3, -0.25) is 0 Å². The Morgan fingerprint density at radius 1 is 1.35 bits per heavy atom. The molecular formula is C21H22F4N8O. The Bertz CT molecular complexity index is 1440. The van der Waals surface area contributed by atoms with Crippen molar-refractivity contribution in [3.05, 3.63) is 30.2 Å². The lowest BCUT2D eigenvalue weighted by Gasteiger charge is -2.32. The number of nitrogens with zero attached hydrogens (tertiary/aromatic N) is 7. The lowest BCUT2D eigenvalue weighted by Crippen LogP contribution is -2.46. The Labute approximate surface area is 195 Å². The lowest BCUT2D eigenvalue weighted by molar-refractivity contribution is 0.122. The highest BCUT2D eigenvalue weighted by molar-refractivity contribution is 5.89. The summed E-state index contributed by atoms with van der Waals surface area (Å²) in [6.07, 6.45) is -2.47. The standard InChI is InChI=1S/C21H22F4N8O/c1-31-6-5-14(12(22)8-31)26-21-27-20(34-2)19-18(13(23)9-33(19)29-21)11-3-4-15-16(7-11)32(30-28-15)10-17(24)25/h3-4,7,9,12,14,17H,5-6,8,10H2,1-2H3,(H,26,29)/t12-,14+/m0/s1/i2D3. The molecule has 1 aromatic carbocycles. The van der Waals surface area contributed by atoms with Crippen LogP contribution in [0.4, 0.5) is 23.5 Å². The van der Waals surface area contributed by atoms with Gasteiger partial charge < -0.3 is 15.0 Å². The van der Waals surface area contributed by atoms with E-state index in [4.69, 9.17) is 8.85 Å². The van der Waals surface area contributed by atoms with Crippen LogP contribution in [-0.2, 0) is 6.54 Å². The molecule has 2 atom stereocenters. The molecule has 1 aliphatic heterocycles. The van der Waals surface area contributed by atoms with Gasteiger partial charge in [0.2, 0.25) is 11.8 Å². The molecule has 0 amide bonds. The third-order valence-corrected chi connectivity index (χ3v) is 5.82. The number of rotatable bonds is 6. The molecule has 1 fully saturated rings. The molecule has 0 unspecified atom stereocenters. The van der Waals surface area contributed by atoms with Gasteiger partial charge in [0, 0.05) is 13.1 Å². The maximum absolute atomic E-state index is 15.3. The zero-order valence-corrected chi connectivity index (χ0v) is 17.9. The normalized spacial score (nSPS) is 21.1. The first-order valence-electron chi connectivity index (χ1n) is 12.0. The lowest BCUT2D eigenvalue weighted by atomic mass is 10.0. The van der Waals surface area contributed by atoms with E-state index in [9.17, 15) is 13.2 Å². The topological polar surface area (TPSA) is 85.4 Å². The average Bonchev–Trinajstić information content (AvgIpc) is 3.34. The van der Waals surface area contributed by atoms with Gasteiger partial charge in [0.25, 0.3) is 6.43 Å². The minimum absolute atomic E-state index is 0.105. The Morgan fingerprint density at radius 3 is 2.97 bits per heavy atom. The minimum atomic E-state index is -2.94. The largest absolute Gasteiger partial charge is 0.479 e. The van der Waals surface area contributed by atoms with Gasteiger partial charge in [0.1, 0.15) is 23.7 Å². The fraction of sp³-hybridized carbons (Fsp3) is 0.429. The SMILES string of the molecule is [2H]C([2H])([2H])Oc1nc(N[C@@H]2CCN(C)C[C@@H]2F)nn2cc(F)c(-c3ccc4nnn(CC(F)F)c4c3)c12. The Hall–Kier alpha value is -3.48. The van der Waals surface area contributed by atoms with Crippen molar-refractivity contribution in [2.45, 2.75) is 31.6 Å². The first-order valence-corrected chi connectivity index (χ1v) is 10.5. The molecule has 13 heteroatoms. The molecule has 1 saturated heterocycles. The number of ether oxygens (including phenoxy) is 1. The molecule has 34 heavy (non-hydrogen) atoms. The van der Waals surface area contributed by atoms with Crippen molar-refractivity contribution in [1.29, 1.82) is 0 Å². The number of hydrogen-bond donors (Lipinski definition) is 1. The predicted octanol–water partition coefficient (Wildman–Crippen LogP) is 3.01. The molecule has 3 aromatic heterocycles. The summed E-state index contributed by atoms with van der Waals surface area (Å²) in [5, 5.41) is 14.6. The summed E-state index contributed by atoms with van der Waals surface area (Å²) in [5.74, 6) is -1.39. The minimum Gasteiger partial charge on any atom is -0.479 e. The van der Waals surface area contributed by atoms with Crippen molar-refractivity contribution in [2.24, 2.45) is 0 Å². The molecule has 0 aliphatic carbocycles. The molecule has 1 aliphatic rings. The highest BCUT2D eigenvalue weighted by atomic mass is 19.3. The molecule has 0 spiro atoms. The van der Waals surface area contributed by atoms with E-state index in [1.165, 1.54) is 18.2 Å². The first kappa shape index (κ1) is 18.9. The average molecular weight is 481 g/mol. The summed E-state index contributed by atoms with van der Waals surface area (Å²) in [6, 6.07) is 3.73. The molecule has 1 N–H and O–H groups in total. The highest BCUT2D eigenvalue weighted by Crippen LogP contribution is 2.35. The van der Waals surface area contributed by atoms with Crippen molar-refractivity contribution in [1.82, 2.24) is 34.5 Å². The summed E-state index contributed by atoms with van der Waals surface area (Å²) < 4.78 is 85.6. The van der Waals surface area contributed by atoms with Crippen LogP contribution in [0.15, 0.2) is 24.4 Å². The van der Waals surface area contributed by atoms with Crippen LogP contribution in [0.1, 0.15) is 10.5 Å². The van der Waals surface area contributed by atoms with Crippen LogP contribution in [0.2, 0.25) is 0 Å². The van der Waals surface area contributed by atoms with Crippen LogP contribution in [0.5, 0.6) is 5.88 Å². The quantitative estimate of drug-likeness (QED) is 0.424. The number of nitrogens with one attached hydrogen (secondary N) is 1. The van der Waals surface area contributed by atoms with E-state index in [0.29, 0.717) is 18.5 Å². The van der Waals surface area contributed by atoms with Gasteiger partial charge in [-0.2, -0.15) is 4.98 Å². The van der Waals surface area contributed by atoms with Crippen LogP contribution < -0.4 is 10.1 Å². The van der Waals surface area contributed by atoms with Crippen molar-refractivity contribution in [3.63, 3.8) is 0 Å².